The molecule has 1 aliphatic rings. The largest absolute Gasteiger partial charge is 0.454 e. The van der Waals surface area contributed by atoms with Gasteiger partial charge in [0, 0.05) is 39.3 Å². The van der Waals surface area contributed by atoms with Gasteiger partial charge < -0.3 is 14.4 Å². The molecule has 1 N–H and O–H groups in total. The third kappa shape index (κ3) is 4.11. The first-order chi connectivity index (χ1) is 23.8. The number of hydrogen-bond acceptors (Lipinski definition) is 4. The van der Waals surface area contributed by atoms with Crippen LogP contribution in [0.15, 0.2) is 167 Å². The van der Waals surface area contributed by atoms with Gasteiger partial charge in [0.25, 0.3) is 0 Å². The average Bonchev–Trinajstić information content (AvgIpc) is 3.85. The highest BCUT2D eigenvalue weighted by Crippen LogP contribution is 2.45. The summed E-state index contributed by atoms with van der Waals surface area (Å²) < 4.78 is 9.12. The summed E-state index contributed by atoms with van der Waals surface area (Å²) in [5.74, 6) is 0.877. The summed E-state index contributed by atoms with van der Waals surface area (Å²) in [5, 5.41) is 9.38. The zero-order chi connectivity index (χ0) is 31.6. The number of aliphatic imine (C=N–C) groups is 1. The smallest absolute Gasteiger partial charge is 0.160 e. The van der Waals surface area contributed by atoms with Crippen molar-refractivity contribution in [2.24, 2.45) is 4.99 Å². The highest BCUT2D eigenvalue weighted by molar-refractivity contribution is 6.35. The van der Waals surface area contributed by atoms with Crippen LogP contribution in [0, 0.1) is 0 Å². The van der Waals surface area contributed by atoms with Gasteiger partial charge in [-0.2, -0.15) is 5.01 Å². The van der Waals surface area contributed by atoms with Crippen molar-refractivity contribution in [2.45, 2.75) is 12.7 Å². The fourth-order valence-electron chi connectivity index (χ4n) is 7.50. The average molecular weight is 619 g/mol. The number of amidine groups is 1. The molecule has 228 valence electrons. The molecule has 0 aliphatic carbocycles. The van der Waals surface area contributed by atoms with Crippen LogP contribution in [0.3, 0.4) is 0 Å². The molecule has 5 heteroatoms. The molecule has 5 nitrogen and oxygen atoms in total. The lowest BCUT2D eigenvalue weighted by Gasteiger charge is -2.24. The van der Waals surface area contributed by atoms with Gasteiger partial charge in [0.05, 0.1) is 11.0 Å². The van der Waals surface area contributed by atoms with Crippen LogP contribution in [0.4, 0.5) is 0 Å². The minimum Gasteiger partial charge on any atom is -0.454 e. The molecule has 0 radical (unpaired) electrons. The number of benzene rings is 7. The van der Waals surface area contributed by atoms with E-state index in [1.54, 1.807) is 0 Å². The first kappa shape index (κ1) is 27.0. The summed E-state index contributed by atoms with van der Waals surface area (Å²) in [6.45, 7) is 0.719. The molecule has 0 amide bonds. The number of para-hydroxylation sites is 2. The molecule has 0 spiro atoms. The molecule has 9 aromatic rings. The molecule has 0 fully saturated rings. The third-order valence-electron chi connectivity index (χ3n) is 9.64. The van der Waals surface area contributed by atoms with Gasteiger partial charge in [-0.3, -0.25) is 0 Å². The number of hydrazine groups is 1. The van der Waals surface area contributed by atoms with Gasteiger partial charge in [-0.1, -0.05) is 133 Å². The molecule has 7 aromatic carbocycles. The minimum atomic E-state index is -0.182. The summed E-state index contributed by atoms with van der Waals surface area (Å²) in [4.78, 5) is 5.21. The summed E-state index contributed by atoms with van der Waals surface area (Å²) in [6, 6.07) is 55.6. The molecule has 1 unspecified atom stereocenters. The summed E-state index contributed by atoms with van der Waals surface area (Å²) in [6.07, 6.45) is -0.182. The summed E-state index contributed by atoms with van der Waals surface area (Å²) in [7, 11) is 0. The Labute approximate surface area is 276 Å². The third-order valence-corrected chi connectivity index (χ3v) is 9.64. The van der Waals surface area contributed by atoms with Crippen molar-refractivity contribution in [2.75, 3.05) is 0 Å². The van der Waals surface area contributed by atoms with Crippen molar-refractivity contribution in [1.29, 1.82) is 0 Å². The molecule has 2 aromatic heterocycles. The zero-order valence-electron chi connectivity index (χ0n) is 26.0. The molecule has 0 bridgehead atoms. The van der Waals surface area contributed by atoms with Gasteiger partial charge in [0.2, 0.25) is 0 Å². The first-order valence-electron chi connectivity index (χ1n) is 16.4. The van der Waals surface area contributed by atoms with E-state index in [1.807, 2.05) is 12.1 Å². The number of nitrogens with one attached hydrogen (secondary N) is 1. The Hall–Kier alpha value is -6.17. The molecular weight excluding hydrogens is 589 g/mol. The van der Waals surface area contributed by atoms with Crippen molar-refractivity contribution in [3.05, 3.63) is 174 Å². The lowest BCUT2D eigenvalue weighted by Crippen LogP contribution is -2.37. The maximum absolute atomic E-state index is 6.74. The van der Waals surface area contributed by atoms with E-state index in [2.05, 4.69) is 161 Å². The van der Waals surface area contributed by atoms with Gasteiger partial charge in [-0.15, -0.1) is 0 Å². The number of nitrogens with zero attached hydrogens (tertiary/aromatic N) is 3. The molecule has 0 saturated carbocycles. The summed E-state index contributed by atoms with van der Waals surface area (Å²) in [5.41, 5.74) is 12.2. The van der Waals surface area contributed by atoms with Crippen LogP contribution in [-0.2, 0) is 6.54 Å². The quantitative estimate of drug-likeness (QED) is 0.209. The summed E-state index contributed by atoms with van der Waals surface area (Å²) >= 11 is 0. The topological polar surface area (TPSA) is 45.7 Å². The molecule has 1 atom stereocenters. The fraction of sp³-hybridized carbons (Fsp3) is 0.0465. The zero-order valence-corrected chi connectivity index (χ0v) is 26.0. The van der Waals surface area contributed by atoms with Crippen LogP contribution < -0.4 is 5.43 Å². The van der Waals surface area contributed by atoms with E-state index in [9.17, 15) is 0 Å². The first-order valence-corrected chi connectivity index (χ1v) is 16.4. The highest BCUT2D eigenvalue weighted by Gasteiger charge is 2.29. The van der Waals surface area contributed by atoms with Crippen molar-refractivity contribution in [3.8, 4) is 5.69 Å². The number of aromatic nitrogens is 1. The molecular formula is C43H30N4O. The van der Waals surface area contributed by atoms with Crippen LogP contribution in [-0.4, -0.2) is 15.4 Å². The van der Waals surface area contributed by atoms with Gasteiger partial charge in [0.1, 0.15) is 17.6 Å². The Balaban J connectivity index is 1.16. The van der Waals surface area contributed by atoms with E-state index in [1.165, 1.54) is 27.1 Å². The highest BCUT2D eigenvalue weighted by atomic mass is 16.3. The predicted octanol–water partition coefficient (Wildman–Crippen LogP) is 10.3. The Kier molecular flexibility index (Phi) is 6.01. The second-order valence-corrected chi connectivity index (χ2v) is 12.5. The van der Waals surface area contributed by atoms with Gasteiger partial charge >= 0.3 is 0 Å². The Morgan fingerprint density at radius 1 is 0.583 bits per heavy atom. The maximum Gasteiger partial charge on any atom is 0.160 e. The number of furan rings is 1. The Morgan fingerprint density at radius 3 is 1.98 bits per heavy atom. The monoisotopic (exact) mass is 618 g/mol. The van der Waals surface area contributed by atoms with E-state index in [0.29, 0.717) is 0 Å². The fourth-order valence-corrected chi connectivity index (χ4v) is 7.50. The van der Waals surface area contributed by atoms with Gasteiger partial charge in [0.15, 0.2) is 5.58 Å². The maximum atomic E-state index is 6.74. The Bertz CT molecular complexity index is 2670. The number of fused-ring (bicyclic) bond motifs is 10. The standard InChI is InChI=1S/C43H30N4O/c1-3-13-28(14-4-1)27-46-43(44-42(45-46)29-15-5-2-6-16-29)30-23-25-31(26-24-30)47-36-21-11-9-19-34(36)38-32-17-7-8-18-33(32)39-35-20-10-12-22-37(35)48-41(39)40(38)47/h1-26,43H,27H2,(H,44,45). The molecule has 1 aliphatic heterocycles. The number of hydrogen-bond donors (Lipinski definition) is 1. The minimum absolute atomic E-state index is 0.182. The van der Waals surface area contributed by atoms with Crippen LogP contribution >= 0.6 is 0 Å². The SMILES string of the molecule is c1ccc(CN2NC(c3ccccc3)=NC2c2ccc(-n3c4ccccc4c4c5ccccc5c5c6ccccc6oc5c43)cc2)cc1. The second-order valence-electron chi connectivity index (χ2n) is 12.5. The predicted molar refractivity (Wildman–Crippen MR) is 196 cm³/mol. The van der Waals surface area contributed by atoms with Crippen molar-refractivity contribution in [1.82, 2.24) is 15.0 Å². The van der Waals surface area contributed by atoms with Crippen molar-refractivity contribution < 1.29 is 4.42 Å². The van der Waals surface area contributed by atoms with E-state index in [-0.39, 0.29) is 6.17 Å². The van der Waals surface area contributed by atoms with Crippen LogP contribution in [0.2, 0.25) is 0 Å². The molecule has 0 saturated heterocycles. The molecule has 48 heavy (non-hydrogen) atoms. The Morgan fingerprint density at radius 2 is 1.21 bits per heavy atom. The molecule has 10 rings (SSSR count). The number of rotatable bonds is 5. The van der Waals surface area contributed by atoms with Crippen molar-refractivity contribution >= 4 is 60.4 Å². The van der Waals surface area contributed by atoms with E-state index >= 15 is 0 Å². The van der Waals surface area contributed by atoms with Crippen molar-refractivity contribution in [3.63, 3.8) is 0 Å². The van der Waals surface area contributed by atoms with Crippen LogP contribution in [0.5, 0.6) is 0 Å². The van der Waals surface area contributed by atoms with Crippen LogP contribution in [0.1, 0.15) is 22.9 Å². The van der Waals surface area contributed by atoms with Crippen LogP contribution in [0.25, 0.3) is 60.2 Å². The van der Waals surface area contributed by atoms with E-state index in [4.69, 9.17) is 9.41 Å². The normalized spacial score (nSPS) is 15.2. The van der Waals surface area contributed by atoms with E-state index < -0.39 is 0 Å². The van der Waals surface area contributed by atoms with Gasteiger partial charge in [-0.05, 0) is 46.2 Å². The lowest BCUT2D eigenvalue weighted by molar-refractivity contribution is 0.181. The second kappa shape index (κ2) is 10.7. The van der Waals surface area contributed by atoms with E-state index in [0.717, 1.165) is 62.2 Å². The van der Waals surface area contributed by atoms with Gasteiger partial charge in [-0.25, -0.2) is 4.99 Å². The lowest BCUT2D eigenvalue weighted by atomic mass is 9.99. The molecule has 3 heterocycles.